The lowest BCUT2D eigenvalue weighted by molar-refractivity contribution is -0.222. The molecule has 1 aliphatic carbocycles. The molecule has 1 saturated carbocycles. The minimum atomic E-state index is -3.82. The Balaban J connectivity index is 1.38. The quantitative estimate of drug-likeness (QED) is 0.196. The first-order valence-corrected chi connectivity index (χ1v) is 12.1. The fraction of sp³-hybridized carbons (Fsp3) is 0.481. The van der Waals surface area contributed by atoms with E-state index >= 15 is 0 Å². The molecule has 2 fully saturated rings. The Hall–Kier alpha value is -2.59. The van der Waals surface area contributed by atoms with Crippen LogP contribution in [0.5, 0.6) is 5.75 Å². The summed E-state index contributed by atoms with van der Waals surface area (Å²) in [7, 11) is 0. The van der Waals surface area contributed by atoms with E-state index in [1.54, 1.807) is 6.08 Å². The van der Waals surface area contributed by atoms with Crippen LogP contribution in [-0.2, 0) is 9.47 Å². The number of rotatable bonds is 8. The van der Waals surface area contributed by atoms with Crippen molar-refractivity contribution in [3.8, 4) is 5.75 Å². The van der Waals surface area contributed by atoms with Crippen LogP contribution in [0.3, 0.4) is 0 Å². The number of alkyl halides is 2. The first-order chi connectivity index (χ1) is 17.6. The lowest BCUT2D eigenvalue weighted by atomic mass is 9.77. The standard InChI is InChI=1S/C27H27F7O3/c1-2-3-4-15-13-35-26(36-14-15)17-9-20(28)24(21(29)10-17)16-5-7-18(8-6-16)27(33,34)37-19-11-22(30)25(32)23(31)12-19/h2,9-12,15-16,18,26H,1,3-8,13-14H2. The second kappa shape index (κ2) is 11.4. The van der Waals surface area contributed by atoms with Crippen molar-refractivity contribution in [2.45, 2.75) is 56.8 Å². The largest absolute Gasteiger partial charge is 0.432 e. The number of ether oxygens (including phenoxy) is 3. The molecule has 0 amide bonds. The van der Waals surface area contributed by atoms with Gasteiger partial charge in [-0.15, -0.1) is 6.58 Å². The van der Waals surface area contributed by atoms with Crippen molar-refractivity contribution >= 4 is 0 Å². The summed E-state index contributed by atoms with van der Waals surface area (Å²) in [6, 6.07) is 2.97. The van der Waals surface area contributed by atoms with Gasteiger partial charge < -0.3 is 14.2 Å². The summed E-state index contributed by atoms with van der Waals surface area (Å²) < 4.78 is 115. The van der Waals surface area contributed by atoms with Crippen molar-refractivity contribution in [2.24, 2.45) is 11.8 Å². The highest BCUT2D eigenvalue weighted by Crippen LogP contribution is 2.45. The van der Waals surface area contributed by atoms with Gasteiger partial charge in [0.15, 0.2) is 23.7 Å². The van der Waals surface area contributed by atoms with Gasteiger partial charge >= 0.3 is 6.11 Å². The van der Waals surface area contributed by atoms with Crippen LogP contribution < -0.4 is 4.74 Å². The molecule has 0 spiro atoms. The smallest absolute Gasteiger partial charge is 0.400 e. The highest BCUT2D eigenvalue weighted by molar-refractivity contribution is 5.30. The second-order valence-corrected chi connectivity index (χ2v) is 9.54. The maximum atomic E-state index is 15.0. The van der Waals surface area contributed by atoms with E-state index in [0.29, 0.717) is 25.3 Å². The van der Waals surface area contributed by atoms with Crippen LogP contribution in [0, 0.1) is 40.9 Å². The molecule has 0 aromatic heterocycles. The van der Waals surface area contributed by atoms with E-state index in [-0.39, 0.29) is 42.7 Å². The molecule has 1 aliphatic heterocycles. The highest BCUT2D eigenvalue weighted by Gasteiger charge is 2.45. The molecule has 1 heterocycles. The van der Waals surface area contributed by atoms with Gasteiger partial charge in [0.25, 0.3) is 0 Å². The minimum Gasteiger partial charge on any atom is -0.432 e. The predicted molar refractivity (Wildman–Crippen MR) is 121 cm³/mol. The van der Waals surface area contributed by atoms with Crippen LogP contribution in [0.4, 0.5) is 30.7 Å². The third-order valence-electron chi connectivity index (χ3n) is 6.94. The molecule has 2 aromatic carbocycles. The van der Waals surface area contributed by atoms with Gasteiger partial charge in [-0.1, -0.05) is 6.08 Å². The molecule has 1 saturated heterocycles. The average Bonchev–Trinajstić information content (AvgIpc) is 2.86. The van der Waals surface area contributed by atoms with E-state index in [0.717, 1.165) is 25.0 Å². The number of allylic oxidation sites excluding steroid dienone is 1. The molecule has 0 N–H and O–H groups in total. The van der Waals surface area contributed by atoms with Gasteiger partial charge in [0.1, 0.15) is 17.4 Å². The minimum absolute atomic E-state index is 0.0460. The van der Waals surface area contributed by atoms with E-state index in [2.05, 4.69) is 11.3 Å². The van der Waals surface area contributed by atoms with Crippen LogP contribution in [0.1, 0.15) is 61.9 Å². The molecule has 4 rings (SSSR count). The van der Waals surface area contributed by atoms with E-state index in [1.807, 2.05) is 0 Å². The monoisotopic (exact) mass is 532 g/mol. The Morgan fingerprint density at radius 3 is 1.97 bits per heavy atom. The predicted octanol–water partition coefficient (Wildman–Crippen LogP) is 7.96. The van der Waals surface area contributed by atoms with Crippen LogP contribution in [0.25, 0.3) is 0 Å². The fourth-order valence-electron chi connectivity index (χ4n) is 4.94. The van der Waals surface area contributed by atoms with Gasteiger partial charge in [0.2, 0.25) is 0 Å². The lowest BCUT2D eigenvalue weighted by Gasteiger charge is -2.34. The van der Waals surface area contributed by atoms with Crippen molar-refractivity contribution in [3.05, 3.63) is 77.1 Å². The molecule has 10 heteroatoms. The van der Waals surface area contributed by atoms with Crippen LogP contribution in [-0.4, -0.2) is 19.3 Å². The van der Waals surface area contributed by atoms with Gasteiger partial charge in [-0.25, -0.2) is 22.0 Å². The summed E-state index contributed by atoms with van der Waals surface area (Å²) in [6.45, 7) is 4.45. The first-order valence-electron chi connectivity index (χ1n) is 12.1. The molecule has 37 heavy (non-hydrogen) atoms. The summed E-state index contributed by atoms with van der Waals surface area (Å²) in [4.78, 5) is 0. The third-order valence-corrected chi connectivity index (χ3v) is 6.94. The van der Waals surface area contributed by atoms with E-state index in [9.17, 15) is 30.7 Å². The molecule has 0 unspecified atom stereocenters. The van der Waals surface area contributed by atoms with E-state index < -0.39 is 59.1 Å². The summed E-state index contributed by atoms with van der Waals surface area (Å²) in [5.74, 6) is -9.39. The molecule has 0 bridgehead atoms. The topological polar surface area (TPSA) is 27.7 Å². The molecule has 0 radical (unpaired) electrons. The molecular weight excluding hydrogens is 505 g/mol. The van der Waals surface area contributed by atoms with Crippen molar-refractivity contribution in [1.29, 1.82) is 0 Å². The van der Waals surface area contributed by atoms with Gasteiger partial charge in [-0.2, -0.15) is 8.78 Å². The molecule has 2 aromatic rings. The fourth-order valence-corrected chi connectivity index (χ4v) is 4.94. The first kappa shape index (κ1) is 27.4. The normalized spacial score (nSPS) is 24.6. The van der Waals surface area contributed by atoms with Crippen molar-refractivity contribution in [1.82, 2.24) is 0 Å². The zero-order valence-corrected chi connectivity index (χ0v) is 19.9. The summed E-state index contributed by atoms with van der Waals surface area (Å²) in [6.07, 6.45) is -1.48. The number of halogens is 7. The van der Waals surface area contributed by atoms with Gasteiger partial charge in [0.05, 0.1) is 19.1 Å². The molecule has 0 atom stereocenters. The van der Waals surface area contributed by atoms with Crippen LogP contribution >= 0.6 is 0 Å². The van der Waals surface area contributed by atoms with Gasteiger partial charge in [-0.3, -0.25) is 0 Å². The molecule has 202 valence electrons. The highest BCUT2D eigenvalue weighted by atomic mass is 19.3. The number of benzene rings is 2. The SMILES string of the molecule is C=CCCC1COC(c2cc(F)c(C3CCC(C(F)(F)Oc4cc(F)c(F)c(F)c4)CC3)c(F)c2)OC1. The van der Waals surface area contributed by atoms with E-state index in [4.69, 9.17) is 9.47 Å². The lowest BCUT2D eigenvalue weighted by Crippen LogP contribution is -2.37. The van der Waals surface area contributed by atoms with E-state index in [1.165, 1.54) is 0 Å². The summed E-state index contributed by atoms with van der Waals surface area (Å²) in [5.41, 5.74) is 0.0158. The van der Waals surface area contributed by atoms with Crippen LogP contribution in [0.2, 0.25) is 0 Å². The molecular formula is C27H27F7O3. The maximum absolute atomic E-state index is 15.0. The maximum Gasteiger partial charge on any atom is 0.400 e. The van der Waals surface area contributed by atoms with Crippen molar-refractivity contribution in [3.63, 3.8) is 0 Å². The van der Waals surface area contributed by atoms with Crippen molar-refractivity contribution < 1.29 is 44.9 Å². The summed E-state index contributed by atoms with van der Waals surface area (Å²) in [5, 5.41) is 0. The Bertz CT molecular complexity index is 1060. The average molecular weight is 532 g/mol. The van der Waals surface area contributed by atoms with Gasteiger partial charge in [0, 0.05) is 29.2 Å². The Morgan fingerprint density at radius 2 is 1.43 bits per heavy atom. The zero-order valence-electron chi connectivity index (χ0n) is 19.9. The molecule has 3 nitrogen and oxygen atoms in total. The molecule has 2 aliphatic rings. The second-order valence-electron chi connectivity index (χ2n) is 9.54. The van der Waals surface area contributed by atoms with Crippen molar-refractivity contribution in [2.75, 3.05) is 13.2 Å². The van der Waals surface area contributed by atoms with Gasteiger partial charge in [-0.05, 0) is 56.6 Å². The Labute approximate surface area is 210 Å². The third kappa shape index (κ3) is 6.29. The number of hydrogen-bond acceptors (Lipinski definition) is 3. The zero-order chi connectivity index (χ0) is 26.7. The Kier molecular flexibility index (Phi) is 8.48. The summed E-state index contributed by atoms with van der Waals surface area (Å²) >= 11 is 0. The Morgan fingerprint density at radius 1 is 0.865 bits per heavy atom. The van der Waals surface area contributed by atoms with Crippen LogP contribution in [0.15, 0.2) is 36.9 Å². The number of hydrogen-bond donors (Lipinski definition) is 0.